The number of rotatable bonds is 7. The molecule has 1 aromatic heterocycles. The fourth-order valence-electron chi connectivity index (χ4n) is 3.04. The number of carbonyl (C=O) groups excluding carboxylic acids is 2. The lowest BCUT2D eigenvalue weighted by Crippen LogP contribution is -2.57. The van der Waals surface area contributed by atoms with Crippen LogP contribution in [0.15, 0.2) is 22.1 Å². The first-order valence-electron chi connectivity index (χ1n) is 9.12. The molecule has 1 aromatic rings. The highest BCUT2D eigenvalue weighted by atomic mass is 32.2. The van der Waals surface area contributed by atoms with E-state index in [0.717, 1.165) is 9.13 Å². The highest BCUT2D eigenvalue weighted by Gasteiger charge is 2.50. The molecule has 0 radical (unpaired) electrons. The number of hydrogen-bond donors (Lipinski definition) is 8. The van der Waals surface area contributed by atoms with Crippen LogP contribution in [0.1, 0.15) is 5.37 Å². The number of urea groups is 1. The van der Waals surface area contributed by atoms with E-state index in [9.17, 15) is 39.6 Å². The third-order valence-corrected chi connectivity index (χ3v) is 6.44. The standard InChI is InChI=1S/C16H24N6O9S/c1-21-6(19-15(18)30)2-3-22(16(21)31)13-10(26)9(25)11(32-13)8(24)7(14(28)29)20-12(27)5(17)4-23/h2-3,5,7-11,13,23-26H,4,17H2,1H3,(H2,18,30)(H,20,27)(H,28,29)/t5-,7+,8-,9+,10+,11-,13+/m0/s1. The van der Waals surface area contributed by atoms with Crippen molar-refractivity contribution in [2.24, 2.45) is 23.5 Å². The molecular weight excluding hydrogens is 452 g/mol. The molecule has 0 spiro atoms. The highest BCUT2D eigenvalue weighted by Crippen LogP contribution is 2.43. The van der Waals surface area contributed by atoms with Crippen molar-refractivity contribution in [1.29, 1.82) is 0 Å². The van der Waals surface area contributed by atoms with Crippen molar-refractivity contribution < 1.29 is 39.9 Å². The van der Waals surface area contributed by atoms with Crippen LogP contribution in [0.2, 0.25) is 0 Å². The Bertz CT molecular complexity index is 1010. The zero-order valence-corrected chi connectivity index (χ0v) is 17.5. The molecule has 32 heavy (non-hydrogen) atoms. The average molecular weight is 476 g/mol. The summed E-state index contributed by atoms with van der Waals surface area (Å²) < 4.78 is 1.96. The highest BCUT2D eigenvalue weighted by molar-refractivity contribution is 8.00. The molecule has 1 fully saturated rings. The molecule has 1 saturated heterocycles. The lowest BCUT2D eigenvalue weighted by Gasteiger charge is -2.27. The van der Waals surface area contributed by atoms with Crippen molar-refractivity contribution in [2.45, 2.75) is 41.0 Å². The van der Waals surface area contributed by atoms with Gasteiger partial charge in [-0.05, 0) is 6.07 Å². The monoisotopic (exact) mass is 476 g/mol. The maximum absolute atomic E-state index is 12.6. The van der Waals surface area contributed by atoms with Gasteiger partial charge in [0.05, 0.1) is 24.1 Å². The number of carboxylic acids is 1. The number of aliphatic hydroxyl groups is 4. The minimum atomic E-state index is -1.93. The summed E-state index contributed by atoms with van der Waals surface area (Å²) in [6.45, 7) is -0.770. The molecule has 16 heteroatoms. The van der Waals surface area contributed by atoms with Gasteiger partial charge in [0.1, 0.15) is 23.0 Å². The fourth-order valence-corrected chi connectivity index (χ4v) is 4.61. The number of nitrogens with zero attached hydrogens (tertiary/aromatic N) is 3. The maximum atomic E-state index is 12.6. The molecule has 3 amide bonds. The summed E-state index contributed by atoms with van der Waals surface area (Å²) >= 11 is 0.700. The summed E-state index contributed by atoms with van der Waals surface area (Å²) in [5.41, 5.74) is 9.49. The van der Waals surface area contributed by atoms with Crippen LogP contribution in [-0.4, -0.2) is 94.8 Å². The number of amides is 3. The Hall–Kier alpha value is -2.76. The molecule has 1 aliphatic rings. The zero-order valence-electron chi connectivity index (χ0n) is 16.7. The van der Waals surface area contributed by atoms with Gasteiger partial charge in [-0.25, -0.2) is 14.4 Å². The van der Waals surface area contributed by atoms with E-state index < -0.39 is 71.2 Å². The number of primary amides is 1. The predicted octanol–water partition coefficient (Wildman–Crippen LogP) is -5.25. The van der Waals surface area contributed by atoms with Crippen LogP contribution in [0.5, 0.6) is 0 Å². The van der Waals surface area contributed by atoms with Crippen LogP contribution in [0.3, 0.4) is 0 Å². The third kappa shape index (κ3) is 5.17. The zero-order chi connectivity index (χ0) is 24.3. The van der Waals surface area contributed by atoms with Gasteiger partial charge in [0.25, 0.3) is 0 Å². The molecule has 1 aliphatic heterocycles. The van der Waals surface area contributed by atoms with Crippen molar-refractivity contribution in [3.63, 3.8) is 0 Å². The topological polar surface area (TPSA) is 256 Å². The number of hydrogen-bond acceptors (Lipinski definition) is 10. The van der Waals surface area contributed by atoms with Crippen LogP contribution < -0.4 is 28.0 Å². The van der Waals surface area contributed by atoms with Gasteiger partial charge in [0, 0.05) is 13.2 Å². The normalized spacial score (nSPS) is 26.4. The SMILES string of the molecule is Cn1c(=NC(N)=O)ccn([C@@H]2S[C@@H]([C@@H](O)[C@@H](NC(=O)[C@@H](N)CO)C(=O)O)[C@H](O)[C@H]2O)c1=O. The summed E-state index contributed by atoms with van der Waals surface area (Å²) in [7, 11) is 1.29. The smallest absolute Gasteiger partial charge is 0.340 e. The van der Waals surface area contributed by atoms with E-state index in [1.54, 1.807) is 0 Å². The first-order valence-corrected chi connectivity index (χ1v) is 10.1. The van der Waals surface area contributed by atoms with Crippen molar-refractivity contribution in [3.8, 4) is 0 Å². The molecule has 15 nitrogen and oxygen atoms in total. The Morgan fingerprint density at radius 2 is 1.94 bits per heavy atom. The summed E-state index contributed by atoms with van der Waals surface area (Å²) in [6.07, 6.45) is -4.02. The molecule has 7 atom stereocenters. The second-order valence-corrected chi connectivity index (χ2v) is 8.25. The molecule has 0 unspecified atom stereocenters. The van der Waals surface area contributed by atoms with Crippen LogP contribution >= 0.6 is 11.8 Å². The van der Waals surface area contributed by atoms with E-state index in [0.29, 0.717) is 11.8 Å². The molecule has 178 valence electrons. The summed E-state index contributed by atoms with van der Waals surface area (Å²) in [6, 6.07) is -3.14. The van der Waals surface area contributed by atoms with E-state index in [1.165, 1.54) is 19.3 Å². The lowest BCUT2D eigenvalue weighted by atomic mass is 10.00. The first-order chi connectivity index (χ1) is 14.9. The number of aliphatic carboxylic acids is 1. The molecule has 0 aliphatic carbocycles. The van der Waals surface area contributed by atoms with Crippen LogP contribution in [0, 0.1) is 0 Å². The van der Waals surface area contributed by atoms with Gasteiger partial charge in [0.15, 0.2) is 6.04 Å². The maximum Gasteiger partial charge on any atom is 0.340 e. The summed E-state index contributed by atoms with van der Waals surface area (Å²) in [4.78, 5) is 50.5. The number of nitrogens with two attached hydrogens (primary N) is 2. The summed E-state index contributed by atoms with van der Waals surface area (Å²) in [5, 5.41) is 49.2. The largest absolute Gasteiger partial charge is 0.480 e. The first kappa shape index (κ1) is 25.5. The van der Waals surface area contributed by atoms with Crippen LogP contribution in [0.4, 0.5) is 4.79 Å². The average Bonchev–Trinajstić information content (AvgIpc) is 3.02. The number of nitrogens with one attached hydrogen (secondary N) is 1. The van der Waals surface area contributed by atoms with Gasteiger partial charge in [-0.1, -0.05) is 0 Å². The lowest BCUT2D eigenvalue weighted by molar-refractivity contribution is -0.146. The predicted molar refractivity (Wildman–Crippen MR) is 108 cm³/mol. The number of aliphatic hydroxyl groups excluding tert-OH is 4. The number of aromatic nitrogens is 2. The molecule has 2 heterocycles. The molecule has 0 aromatic carbocycles. The second kappa shape index (κ2) is 10.2. The molecule has 0 saturated carbocycles. The Balaban J connectivity index is 2.34. The van der Waals surface area contributed by atoms with Gasteiger partial charge in [-0.15, -0.1) is 11.8 Å². The quantitative estimate of drug-likeness (QED) is 0.184. The molecule has 10 N–H and O–H groups in total. The Labute approximate surface area is 184 Å². The second-order valence-electron chi connectivity index (χ2n) is 6.95. The van der Waals surface area contributed by atoms with E-state index in [4.69, 9.17) is 16.6 Å². The van der Waals surface area contributed by atoms with Crippen molar-refractivity contribution >= 4 is 29.7 Å². The minimum Gasteiger partial charge on any atom is -0.480 e. The van der Waals surface area contributed by atoms with Gasteiger partial charge in [-0.3, -0.25) is 13.9 Å². The Kier molecular flexibility index (Phi) is 8.16. The number of carbonyl (C=O) groups is 3. The van der Waals surface area contributed by atoms with Gasteiger partial charge < -0.3 is 42.3 Å². The molecule has 2 rings (SSSR count). The molecular formula is C16H24N6O9S. The van der Waals surface area contributed by atoms with Crippen molar-refractivity contribution in [1.82, 2.24) is 14.5 Å². The number of carboxylic acid groups (broad SMARTS) is 1. The van der Waals surface area contributed by atoms with Gasteiger partial charge in [0.2, 0.25) is 5.91 Å². The third-order valence-electron chi connectivity index (χ3n) is 4.79. The van der Waals surface area contributed by atoms with E-state index in [-0.39, 0.29) is 5.49 Å². The molecule has 0 bridgehead atoms. The minimum absolute atomic E-state index is 0.0674. The van der Waals surface area contributed by atoms with Gasteiger partial charge >= 0.3 is 17.7 Å². The van der Waals surface area contributed by atoms with E-state index in [1.807, 2.05) is 5.32 Å². The van der Waals surface area contributed by atoms with Crippen molar-refractivity contribution in [3.05, 3.63) is 28.2 Å². The van der Waals surface area contributed by atoms with Crippen LogP contribution in [-0.2, 0) is 16.6 Å². The number of thioether (sulfide) groups is 1. The van der Waals surface area contributed by atoms with Crippen LogP contribution in [0.25, 0.3) is 0 Å². The summed E-state index contributed by atoms with van der Waals surface area (Å²) in [5.74, 6) is -2.70. The van der Waals surface area contributed by atoms with E-state index >= 15 is 0 Å². The van der Waals surface area contributed by atoms with Gasteiger partial charge in [-0.2, -0.15) is 4.99 Å². The van der Waals surface area contributed by atoms with Crippen molar-refractivity contribution in [2.75, 3.05) is 6.61 Å². The Morgan fingerprint density at radius 1 is 1.31 bits per heavy atom. The van der Waals surface area contributed by atoms with E-state index in [2.05, 4.69) is 4.99 Å². The fraction of sp³-hybridized carbons (Fsp3) is 0.562. The Morgan fingerprint density at radius 3 is 2.47 bits per heavy atom.